The Morgan fingerprint density at radius 1 is 1.07 bits per heavy atom. The average Bonchev–Trinajstić information content (AvgIpc) is 2.86. The van der Waals surface area contributed by atoms with E-state index in [0.717, 1.165) is 39.9 Å². The maximum atomic E-state index is 12.9. The van der Waals surface area contributed by atoms with Gasteiger partial charge in [-0.3, -0.25) is 4.72 Å². The van der Waals surface area contributed by atoms with Gasteiger partial charge in [0.2, 0.25) is 10.0 Å². The smallest absolute Gasteiger partial charge is 0.337 e. The maximum Gasteiger partial charge on any atom is 0.337 e. The van der Waals surface area contributed by atoms with E-state index in [-0.39, 0.29) is 0 Å². The van der Waals surface area contributed by atoms with Gasteiger partial charge >= 0.3 is 5.97 Å². The fraction of sp³-hybridized carbons (Fsp3) is 0.387. The van der Waals surface area contributed by atoms with Crippen LogP contribution in [0.15, 0.2) is 30.3 Å². The van der Waals surface area contributed by atoms with Gasteiger partial charge in [0.05, 0.1) is 23.2 Å². The standard InChI is InChI=1S/C31H37ClN2O6S/c1-16-15-20(9-11-22(16)32)24-18(3)25(21-10-12-23-27(17(21)2)33-13-14-39-23)26(19(4)28(24)34-41(8,37)38)29(30(35)36)40-31(5,6)7/h9-12,15,29,33-34H,13-14H2,1-8H3,(H,35,36)/t29-/m0/s1. The van der Waals surface area contributed by atoms with E-state index >= 15 is 0 Å². The molecule has 3 aromatic rings. The largest absolute Gasteiger partial charge is 0.490 e. The van der Waals surface area contributed by atoms with E-state index in [2.05, 4.69) is 10.0 Å². The number of aryl methyl sites for hydroxylation is 1. The van der Waals surface area contributed by atoms with E-state index < -0.39 is 27.7 Å². The number of sulfonamides is 1. The number of carbonyl (C=O) groups is 1. The van der Waals surface area contributed by atoms with Gasteiger partial charge in [0.15, 0.2) is 6.10 Å². The van der Waals surface area contributed by atoms with Crippen LogP contribution in [-0.4, -0.2) is 44.5 Å². The van der Waals surface area contributed by atoms with Gasteiger partial charge < -0.3 is 19.9 Å². The second-order valence-electron chi connectivity index (χ2n) is 11.5. The number of rotatable bonds is 7. The lowest BCUT2D eigenvalue weighted by Crippen LogP contribution is -2.29. The first kappa shape index (κ1) is 30.7. The second kappa shape index (κ2) is 11.2. The van der Waals surface area contributed by atoms with Gasteiger partial charge in [-0.2, -0.15) is 0 Å². The van der Waals surface area contributed by atoms with Gasteiger partial charge in [0.25, 0.3) is 0 Å². The topological polar surface area (TPSA) is 114 Å². The number of benzene rings is 3. The van der Waals surface area contributed by atoms with Crippen LogP contribution in [0.1, 0.15) is 54.7 Å². The molecule has 0 saturated heterocycles. The molecule has 1 aliphatic rings. The highest BCUT2D eigenvalue weighted by Gasteiger charge is 2.35. The molecule has 8 nitrogen and oxygen atoms in total. The lowest BCUT2D eigenvalue weighted by molar-refractivity contribution is -0.160. The molecule has 0 bridgehead atoms. The third kappa shape index (κ3) is 6.32. The fourth-order valence-electron chi connectivity index (χ4n) is 5.39. The Balaban J connectivity index is 2.21. The molecule has 0 unspecified atom stereocenters. The van der Waals surface area contributed by atoms with Crippen LogP contribution in [-0.2, 0) is 19.6 Å². The van der Waals surface area contributed by atoms with Crippen molar-refractivity contribution in [2.75, 3.05) is 29.4 Å². The summed E-state index contributed by atoms with van der Waals surface area (Å²) < 4.78 is 40.1. The Hall–Kier alpha value is -3.27. The first-order chi connectivity index (χ1) is 19.0. The van der Waals surface area contributed by atoms with Crippen molar-refractivity contribution in [3.63, 3.8) is 0 Å². The van der Waals surface area contributed by atoms with Crippen LogP contribution in [0.5, 0.6) is 5.75 Å². The van der Waals surface area contributed by atoms with Crippen molar-refractivity contribution >= 4 is 39.0 Å². The third-order valence-corrected chi connectivity index (χ3v) is 8.10. The number of hydrogen-bond donors (Lipinski definition) is 3. The molecule has 1 aliphatic heterocycles. The third-order valence-electron chi connectivity index (χ3n) is 7.10. The first-order valence-corrected chi connectivity index (χ1v) is 15.6. The molecule has 4 rings (SSSR count). The number of fused-ring (bicyclic) bond motifs is 1. The Morgan fingerprint density at radius 3 is 2.34 bits per heavy atom. The Kier molecular flexibility index (Phi) is 8.38. The molecular formula is C31H37ClN2O6S. The van der Waals surface area contributed by atoms with Gasteiger partial charge in [-0.25, -0.2) is 13.2 Å². The van der Waals surface area contributed by atoms with E-state index in [4.69, 9.17) is 21.1 Å². The van der Waals surface area contributed by atoms with Gasteiger partial charge in [0, 0.05) is 22.7 Å². The van der Waals surface area contributed by atoms with Crippen molar-refractivity contribution in [1.82, 2.24) is 0 Å². The van der Waals surface area contributed by atoms with Crippen molar-refractivity contribution < 1.29 is 27.8 Å². The zero-order valence-electron chi connectivity index (χ0n) is 24.7. The van der Waals surface area contributed by atoms with E-state index in [1.807, 2.05) is 45.0 Å². The van der Waals surface area contributed by atoms with E-state index in [0.29, 0.717) is 51.7 Å². The molecule has 3 aromatic carbocycles. The average molecular weight is 601 g/mol. The Bertz CT molecular complexity index is 1640. The number of halogens is 1. The van der Waals surface area contributed by atoms with Crippen molar-refractivity contribution in [2.24, 2.45) is 0 Å². The summed E-state index contributed by atoms with van der Waals surface area (Å²) in [6, 6.07) is 9.30. The van der Waals surface area contributed by atoms with Crippen LogP contribution in [0.4, 0.5) is 11.4 Å². The highest BCUT2D eigenvalue weighted by Crippen LogP contribution is 2.49. The number of nitrogens with one attached hydrogen (secondary N) is 2. The summed E-state index contributed by atoms with van der Waals surface area (Å²) in [5.41, 5.74) is 6.39. The summed E-state index contributed by atoms with van der Waals surface area (Å²) in [6.07, 6.45) is -0.309. The summed E-state index contributed by atoms with van der Waals surface area (Å²) >= 11 is 6.35. The molecule has 3 N–H and O–H groups in total. The predicted molar refractivity (Wildman–Crippen MR) is 165 cm³/mol. The molecule has 220 valence electrons. The number of ether oxygens (including phenoxy) is 2. The van der Waals surface area contributed by atoms with E-state index in [9.17, 15) is 18.3 Å². The Morgan fingerprint density at radius 2 is 1.76 bits per heavy atom. The predicted octanol–water partition coefficient (Wildman–Crippen LogP) is 7.02. The van der Waals surface area contributed by atoms with Crippen LogP contribution in [0.2, 0.25) is 5.02 Å². The summed E-state index contributed by atoms with van der Waals surface area (Å²) in [7, 11) is -3.75. The second-order valence-corrected chi connectivity index (χ2v) is 13.6. The van der Waals surface area contributed by atoms with Crippen LogP contribution < -0.4 is 14.8 Å². The lowest BCUT2D eigenvalue weighted by atomic mass is 9.81. The van der Waals surface area contributed by atoms with Gasteiger partial charge in [-0.15, -0.1) is 0 Å². The van der Waals surface area contributed by atoms with Crippen LogP contribution >= 0.6 is 11.6 Å². The van der Waals surface area contributed by atoms with E-state index in [1.54, 1.807) is 33.8 Å². The van der Waals surface area contributed by atoms with Crippen molar-refractivity contribution in [3.8, 4) is 28.0 Å². The molecule has 41 heavy (non-hydrogen) atoms. The molecule has 0 amide bonds. The molecule has 1 heterocycles. The molecule has 1 atom stereocenters. The van der Waals surface area contributed by atoms with Gasteiger partial charge in [0.1, 0.15) is 12.4 Å². The van der Waals surface area contributed by atoms with Crippen LogP contribution in [0, 0.1) is 27.7 Å². The maximum absolute atomic E-state index is 12.9. The highest BCUT2D eigenvalue weighted by atomic mass is 35.5. The molecule has 0 spiro atoms. The molecular weight excluding hydrogens is 564 g/mol. The lowest BCUT2D eigenvalue weighted by Gasteiger charge is -2.32. The van der Waals surface area contributed by atoms with Crippen molar-refractivity contribution in [3.05, 3.63) is 63.2 Å². The Labute approximate surface area is 247 Å². The number of aliphatic carboxylic acids is 1. The molecule has 0 radical (unpaired) electrons. The molecule has 0 aliphatic carbocycles. The van der Waals surface area contributed by atoms with Crippen molar-refractivity contribution in [1.29, 1.82) is 0 Å². The SMILES string of the molecule is Cc1cc(-c2c(C)c(-c3ccc4c(c3C)NCCO4)c([C@H](OC(C)(C)C)C(=O)O)c(C)c2NS(C)(=O)=O)ccc1Cl. The van der Waals surface area contributed by atoms with Gasteiger partial charge in [-0.1, -0.05) is 23.7 Å². The zero-order valence-corrected chi connectivity index (χ0v) is 26.2. The molecule has 10 heteroatoms. The zero-order chi connectivity index (χ0) is 30.4. The fourth-order valence-corrected chi connectivity index (χ4v) is 6.14. The highest BCUT2D eigenvalue weighted by molar-refractivity contribution is 7.92. The molecule has 0 saturated carbocycles. The summed E-state index contributed by atoms with van der Waals surface area (Å²) in [6.45, 7) is 14.0. The summed E-state index contributed by atoms with van der Waals surface area (Å²) in [5.74, 6) is -0.459. The first-order valence-electron chi connectivity index (χ1n) is 13.3. The minimum atomic E-state index is -3.75. The normalized spacial score (nSPS) is 14.1. The molecule has 0 fully saturated rings. The van der Waals surface area contributed by atoms with Crippen LogP contribution in [0.25, 0.3) is 22.3 Å². The van der Waals surface area contributed by atoms with Gasteiger partial charge in [-0.05, 0) is 106 Å². The summed E-state index contributed by atoms with van der Waals surface area (Å²) in [4.78, 5) is 12.9. The van der Waals surface area contributed by atoms with Crippen molar-refractivity contribution in [2.45, 2.75) is 60.2 Å². The minimum Gasteiger partial charge on any atom is -0.490 e. The minimum absolute atomic E-state index is 0.298. The number of hydrogen-bond acceptors (Lipinski definition) is 6. The number of carboxylic acid groups (broad SMARTS) is 1. The quantitative estimate of drug-likeness (QED) is 0.267. The number of anilines is 2. The van der Waals surface area contributed by atoms with E-state index in [1.165, 1.54) is 0 Å². The number of carboxylic acids is 1. The molecule has 0 aromatic heterocycles. The summed E-state index contributed by atoms with van der Waals surface area (Å²) in [5, 5.41) is 14.5. The monoisotopic (exact) mass is 600 g/mol. The van der Waals surface area contributed by atoms with Crippen LogP contribution in [0.3, 0.4) is 0 Å².